The molecule has 0 saturated heterocycles. The molecule has 0 bridgehead atoms. The van der Waals surface area contributed by atoms with Gasteiger partial charge in [0.15, 0.2) is 5.01 Å². The molecule has 0 aliphatic rings. The summed E-state index contributed by atoms with van der Waals surface area (Å²) in [6.07, 6.45) is -4.99. The maximum atomic E-state index is 12.6. The van der Waals surface area contributed by atoms with Gasteiger partial charge in [-0.25, -0.2) is 4.98 Å². The number of alkyl halides is 3. The van der Waals surface area contributed by atoms with Crippen LogP contribution in [0.15, 0.2) is 18.2 Å². The predicted octanol–water partition coefficient (Wildman–Crippen LogP) is 4.39. The van der Waals surface area contributed by atoms with Crippen LogP contribution in [0.1, 0.15) is 30.7 Å². The van der Waals surface area contributed by atoms with Crippen LogP contribution in [-0.4, -0.2) is 18.2 Å². The second-order valence-corrected chi connectivity index (χ2v) is 5.04. The fraction of sp³-hybridized carbons (Fsp3) is 0.462. The average molecular weight is 305 g/mol. The number of halogens is 3. The maximum Gasteiger partial charge on any atom is 0.416 e. The number of rotatable bonds is 5. The van der Waals surface area contributed by atoms with Crippen molar-refractivity contribution in [3.63, 3.8) is 0 Å². The van der Waals surface area contributed by atoms with E-state index in [-0.39, 0.29) is 0 Å². The summed E-state index contributed by atoms with van der Waals surface area (Å²) in [7, 11) is 0. The first-order valence-electron chi connectivity index (χ1n) is 6.16. The van der Waals surface area contributed by atoms with Gasteiger partial charge in [-0.3, -0.25) is 0 Å². The van der Waals surface area contributed by atoms with Crippen LogP contribution in [0.4, 0.5) is 13.2 Å². The summed E-state index contributed by atoms with van der Waals surface area (Å²) >= 11 is 1.28. The summed E-state index contributed by atoms with van der Waals surface area (Å²) < 4.78 is 49.4. The molecule has 0 aliphatic heterocycles. The Morgan fingerprint density at radius 2 is 1.85 bits per heavy atom. The molecule has 3 nitrogen and oxygen atoms in total. The van der Waals surface area contributed by atoms with E-state index in [1.165, 1.54) is 17.4 Å². The van der Waals surface area contributed by atoms with Crippen molar-refractivity contribution in [3.05, 3.63) is 28.8 Å². The van der Waals surface area contributed by atoms with Crippen molar-refractivity contribution >= 4 is 21.6 Å². The predicted molar refractivity (Wildman–Crippen MR) is 70.6 cm³/mol. The number of fused-ring (bicyclic) bond motifs is 1. The van der Waals surface area contributed by atoms with Crippen LogP contribution < -0.4 is 0 Å². The Kier molecular flexibility index (Phi) is 4.62. The number of hydrogen-bond donors (Lipinski definition) is 0. The molecule has 2 rings (SSSR count). The maximum absolute atomic E-state index is 12.6. The third kappa shape index (κ3) is 3.28. The molecule has 20 heavy (non-hydrogen) atoms. The molecule has 0 radical (unpaired) electrons. The Hall–Kier alpha value is -1.18. The van der Waals surface area contributed by atoms with Crippen molar-refractivity contribution in [2.45, 2.75) is 26.3 Å². The lowest BCUT2D eigenvalue weighted by atomic mass is 10.2. The molecule has 1 heterocycles. The number of nitrogens with zero attached hydrogens (tertiary/aromatic N) is 1. The molecule has 110 valence electrons. The van der Waals surface area contributed by atoms with Crippen LogP contribution in [-0.2, 0) is 15.7 Å². The summed E-state index contributed by atoms with van der Waals surface area (Å²) in [6.45, 7) is 4.52. The van der Waals surface area contributed by atoms with Gasteiger partial charge in [-0.1, -0.05) is 0 Å². The molecule has 0 aliphatic carbocycles. The number of aromatic nitrogens is 1. The number of thiazole rings is 1. The first-order chi connectivity index (χ1) is 9.45. The van der Waals surface area contributed by atoms with Gasteiger partial charge in [-0.05, 0) is 32.0 Å². The largest absolute Gasteiger partial charge is 0.416 e. The van der Waals surface area contributed by atoms with Crippen LogP contribution in [0.25, 0.3) is 10.2 Å². The van der Waals surface area contributed by atoms with Gasteiger partial charge in [0.05, 0.1) is 15.8 Å². The van der Waals surface area contributed by atoms with E-state index in [0.717, 1.165) is 12.1 Å². The number of benzene rings is 1. The van der Waals surface area contributed by atoms with E-state index in [0.29, 0.717) is 28.4 Å². The zero-order valence-corrected chi connectivity index (χ0v) is 11.8. The van der Waals surface area contributed by atoms with Crippen molar-refractivity contribution in [3.8, 4) is 0 Å². The molecule has 2 aromatic rings. The Morgan fingerprint density at radius 1 is 1.20 bits per heavy atom. The highest BCUT2D eigenvalue weighted by Crippen LogP contribution is 2.34. The van der Waals surface area contributed by atoms with Gasteiger partial charge >= 0.3 is 6.18 Å². The lowest BCUT2D eigenvalue weighted by Gasteiger charge is -2.13. The Labute approximate surface area is 118 Å². The fourth-order valence-electron chi connectivity index (χ4n) is 1.72. The molecule has 0 N–H and O–H groups in total. The second-order valence-electron chi connectivity index (χ2n) is 3.97. The van der Waals surface area contributed by atoms with Crippen LogP contribution in [0, 0.1) is 0 Å². The zero-order valence-electron chi connectivity index (χ0n) is 11.0. The minimum Gasteiger partial charge on any atom is -0.347 e. The molecular weight excluding hydrogens is 291 g/mol. The van der Waals surface area contributed by atoms with Gasteiger partial charge in [0.1, 0.15) is 0 Å². The quantitative estimate of drug-likeness (QED) is 0.768. The van der Waals surface area contributed by atoms with Crippen molar-refractivity contribution in [2.75, 3.05) is 13.2 Å². The van der Waals surface area contributed by atoms with Gasteiger partial charge in [0, 0.05) is 13.2 Å². The van der Waals surface area contributed by atoms with Crippen molar-refractivity contribution < 1.29 is 22.6 Å². The first kappa shape index (κ1) is 15.2. The van der Waals surface area contributed by atoms with Crippen LogP contribution in [0.3, 0.4) is 0 Å². The summed E-state index contributed by atoms with van der Waals surface area (Å²) in [6, 6.07) is 3.53. The molecule has 0 fully saturated rings. The first-order valence-corrected chi connectivity index (χ1v) is 6.98. The SMILES string of the molecule is CCOC(OCC)c1nc2cc(C(F)(F)F)ccc2s1. The molecule has 0 spiro atoms. The van der Waals surface area contributed by atoms with E-state index in [9.17, 15) is 13.2 Å². The third-order valence-corrected chi connectivity index (χ3v) is 3.63. The van der Waals surface area contributed by atoms with Crippen LogP contribution >= 0.6 is 11.3 Å². The zero-order chi connectivity index (χ0) is 14.8. The van der Waals surface area contributed by atoms with E-state index in [1.807, 2.05) is 13.8 Å². The monoisotopic (exact) mass is 305 g/mol. The number of hydrogen-bond acceptors (Lipinski definition) is 4. The van der Waals surface area contributed by atoms with Gasteiger partial charge < -0.3 is 9.47 Å². The minimum absolute atomic E-state index is 0.309. The second kappa shape index (κ2) is 6.07. The smallest absolute Gasteiger partial charge is 0.347 e. The summed E-state index contributed by atoms with van der Waals surface area (Å²) in [5.74, 6) is 0. The Bertz CT molecular complexity index is 576. The van der Waals surface area contributed by atoms with E-state index in [2.05, 4.69) is 4.98 Å². The van der Waals surface area contributed by atoms with Gasteiger partial charge in [0.2, 0.25) is 6.29 Å². The van der Waals surface area contributed by atoms with Crippen LogP contribution in [0.2, 0.25) is 0 Å². The third-order valence-electron chi connectivity index (χ3n) is 2.57. The standard InChI is InChI=1S/C13H14F3NO2S/c1-3-18-12(19-4-2)11-17-9-7-8(13(14,15)16)5-6-10(9)20-11/h5-7,12H,3-4H2,1-2H3. The molecule has 7 heteroatoms. The minimum atomic E-state index is -4.36. The summed E-state index contributed by atoms with van der Waals surface area (Å²) in [4.78, 5) is 4.19. The van der Waals surface area contributed by atoms with E-state index >= 15 is 0 Å². The fourth-order valence-corrected chi connectivity index (χ4v) is 2.66. The molecule has 0 amide bonds. The van der Waals surface area contributed by atoms with Gasteiger partial charge in [-0.15, -0.1) is 11.3 Å². The van der Waals surface area contributed by atoms with E-state index < -0.39 is 18.0 Å². The lowest BCUT2D eigenvalue weighted by molar-refractivity contribution is -0.140. The number of ether oxygens (including phenoxy) is 2. The summed E-state index contributed by atoms with van der Waals surface area (Å²) in [5, 5.41) is 0.531. The Morgan fingerprint density at radius 3 is 2.40 bits per heavy atom. The highest BCUT2D eigenvalue weighted by Gasteiger charge is 2.31. The van der Waals surface area contributed by atoms with E-state index in [1.54, 1.807) is 0 Å². The van der Waals surface area contributed by atoms with Gasteiger partial charge in [-0.2, -0.15) is 13.2 Å². The average Bonchev–Trinajstić information content (AvgIpc) is 2.80. The molecule has 0 atom stereocenters. The highest BCUT2D eigenvalue weighted by atomic mass is 32.1. The van der Waals surface area contributed by atoms with E-state index in [4.69, 9.17) is 9.47 Å². The topological polar surface area (TPSA) is 31.4 Å². The van der Waals surface area contributed by atoms with Crippen molar-refractivity contribution in [1.82, 2.24) is 4.98 Å². The Balaban J connectivity index is 2.37. The molecule has 0 saturated carbocycles. The molecular formula is C13H14F3NO2S. The molecule has 1 aromatic heterocycles. The van der Waals surface area contributed by atoms with Crippen molar-refractivity contribution in [2.24, 2.45) is 0 Å². The molecule has 0 unspecified atom stereocenters. The normalized spacial score (nSPS) is 12.5. The molecule has 1 aromatic carbocycles. The lowest BCUT2D eigenvalue weighted by Crippen LogP contribution is -2.08. The highest BCUT2D eigenvalue weighted by molar-refractivity contribution is 7.18. The summed E-state index contributed by atoms with van der Waals surface area (Å²) in [5.41, 5.74) is -0.393. The van der Waals surface area contributed by atoms with Crippen molar-refractivity contribution in [1.29, 1.82) is 0 Å². The van der Waals surface area contributed by atoms with Crippen LogP contribution in [0.5, 0.6) is 0 Å². The van der Waals surface area contributed by atoms with Gasteiger partial charge in [0.25, 0.3) is 0 Å².